The topological polar surface area (TPSA) is 70.1 Å². The zero-order valence-corrected chi connectivity index (χ0v) is 10.2. The predicted molar refractivity (Wildman–Crippen MR) is 67.4 cm³/mol. The summed E-state index contributed by atoms with van der Waals surface area (Å²) in [6.07, 6.45) is 0.348. The second kappa shape index (κ2) is 5.90. The monoisotopic (exact) mass is 231 g/mol. The number of hydrogen-bond acceptors (Lipinski definition) is 3. The minimum atomic E-state index is -0.0712. The molecule has 0 saturated carbocycles. The molecule has 4 heteroatoms. The van der Waals surface area contributed by atoms with Gasteiger partial charge in [-0.15, -0.1) is 0 Å². The van der Waals surface area contributed by atoms with Crippen molar-refractivity contribution in [3.8, 4) is 6.07 Å². The summed E-state index contributed by atoms with van der Waals surface area (Å²) in [5.41, 5.74) is 7.85. The number of nitriles is 1. The molecule has 0 aromatic heterocycles. The Morgan fingerprint density at radius 1 is 1.47 bits per heavy atom. The van der Waals surface area contributed by atoms with Crippen LogP contribution in [0.15, 0.2) is 18.2 Å². The summed E-state index contributed by atoms with van der Waals surface area (Å²) >= 11 is 0. The van der Waals surface area contributed by atoms with Crippen molar-refractivity contribution >= 4 is 11.6 Å². The third-order valence-corrected chi connectivity index (χ3v) is 2.51. The summed E-state index contributed by atoms with van der Waals surface area (Å²) in [7, 11) is 0. The lowest BCUT2D eigenvalue weighted by molar-refractivity contribution is 0.0768. The van der Waals surface area contributed by atoms with E-state index in [9.17, 15) is 4.79 Å². The van der Waals surface area contributed by atoms with Crippen LogP contribution in [0.4, 0.5) is 5.69 Å². The van der Waals surface area contributed by atoms with E-state index in [1.54, 1.807) is 11.0 Å². The van der Waals surface area contributed by atoms with E-state index in [4.69, 9.17) is 11.0 Å². The first kappa shape index (κ1) is 13.0. The van der Waals surface area contributed by atoms with Gasteiger partial charge in [0.25, 0.3) is 5.91 Å². The summed E-state index contributed by atoms with van der Waals surface area (Å²) < 4.78 is 0. The van der Waals surface area contributed by atoms with Crippen LogP contribution in [0, 0.1) is 18.3 Å². The molecule has 0 spiro atoms. The zero-order chi connectivity index (χ0) is 12.8. The minimum absolute atomic E-state index is 0.0712. The van der Waals surface area contributed by atoms with Gasteiger partial charge in [-0.2, -0.15) is 5.26 Å². The number of benzene rings is 1. The van der Waals surface area contributed by atoms with Gasteiger partial charge in [0.2, 0.25) is 0 Å². The number of nitrogen functional groups attached to an aromatic ring is 1. The second-order valence-electron chi connectivity index (χ2n) is 3.93. The van der Waals surface area contributed by atoms with Gasteiger partial charge in [-0.25, -0.2) is 0 Å². The lowest BCUT2D eigenvalue weighted by Gasteiger charge is -2.19. The smallest absolute Gasteiger partial charge is 0.253 e. The number of amides is 1. The van der Waals surface area contributed by atoms with E-state index in [1.165, 1.54) is 0 Å². The molecule has 0 aliphatic rings. The normalized spacial score (nSPS) is 9.71. The third kappa shape index (κ3) is 3.49. The predicted octanol–water partition coefficient (Wildman–Crippen LogP) is 1.95. The molecule has 90 valence electrons. The van der Waals surface area contributed by atoms with Gasteiger partial charge in [0, 0.05) is 24.3 Å². The standard InChI is InChI=1S/C13H17N3O/c1-3-16(6-4-5-14)13(17)11-7-10(2)8-12(15)9-11/h7-9H,3-4,6,15H2,1-2H3. The van der Waals surface area contributed by atoms with Gasteiger partial charge < -0.3 is 10.6 Å². The van der Waals surface area contributed by atoms with Gasteiger partial charge in [-0.05, 0) is 37.6 Å². The summed E-state index contributed by atoms with van der Waals surface area (Å²) in [6.45, 7) is 4.85. The maximum absolute atomic E-state index is 12.1. The molecule has 0 unspecified atom stereocenters. The van der Waals surface area contributed by atoms with Gasteiger partial charge in [0.1, 0.15) is 0 Å². The van der Waals surface area contributed by atoms with E-state index >= 15 is 0 Å². The number of nitrogens with two attached hydrogens (primary N) is 1. The van der Waals surface area contributed by atoms with Crippen LogP contribution in [-0.2, 0) is 0 Å². The van der Waals surface area contributed by atoms with Gasteiger partial charge in [0.15, 0.2) is 0 Å². The van der Waals surface area contributed by atoms with Crippen LogP contribution in [-0.4, -0.2) is 23.9 Å². The second-order valence-corrected chi connectivity index (χ2v) is 3.93. The average molecular weight is 231 g/mol. The van der Waals surface area contributed by atoms with Crippen LogP contribution in [0.3, 0.4) is 0 Å². The Labute approximate surface area is 102 Å². The quantitative estimate of drug-likeness (QED) is 0.805. The van der Waals surface area contributed by atoms with Crippen molar-refractivity contribution in [2.24, 2.45) is 0 Å². The number of anilines is 1. The van der Waals surface area contributed by atoms with E-state index in [0.717, 1.165) is 5.56 Å². The molecule has 0 aliphatic heterocycles. The molecule has 0 aliphatic carbocycles. The van der Waals surface area contributed by atoms with Gasteiger partial charge in [-0.1, -0.05) is 0 Å². The Bertz CT molecular complexity index is 428. The zero-order valence-electron chi connectivity index (χ0n) is 10.2. The first-order valence-electron chi connectivity index (χ1n) is 5.62. The molecule has 0 bridgehead atoms. The van der Waals surface area contributed by atoms with Crippen molar-refractivity contribution in [2.75, 3.05) is 18.8 Å². The molecule has 2 N–H and O–H groups in total. The fourth-order valence-corrected chi connectivity index (χ4v) is 1.71. The fraction of sp³-hybridized carbons (Fsp3) is 0.385. The molecule has 0 atom stereocenters. The van der Waals surface area contributed by atoms with Crippen molar-refractivity contribution in [1.82, 2.24) is 4.90 Å². The highest BCUT2D eigenvalue weighted by Gasteiger charge is 2.14. The first-order chi connectivity index (χ1) is 8.08. The van der Waals surface area contributed by atoms with E-state index in [0.29, 0.717) is 30.8 Å². The molecule has 1 aromatic rings. The molecule has 0 heterocycles. The van der Waals surface area contributed by atoms with E-state index < -0.39 is 0 Å². The van der Waals surface area contributed by atoms with Crippen LogP contribution in [0.2, 0.25) is 0 Å². The Balaban J connectivity index is 2.90. The molecule has 17 heavy (non-hydrogen) atoms. The Morgan fingerprint density at radius 3 is 2.71 bits per heavy atom. The minimum Gasteiger partial charge on any atom is -0.399 e. The van der Waals surface area contributed by atoms with Crippen molar-refractivity contribution in [1.29, 1.82) is 5.26 Å². The van der Waals surface area contributed by atoms with Crippen LogP contribution < -0.4 is 5.73 Å². The van der Waals surface area contributed by atoms with Crippen LogP contribution in [0.25, 0.3) is 0 Å². The summed E-state index contributed by atoms with van der Waals surface area (Å²) in [6, 6.07) is 7.35. The van der Waals surface area contributed by atoms with Crippen molar-refractivity contribution in [2.45, 2.75) is 20.3 Å². The largest absolute Gasteiger partial charge is 0.399 e. The molecular weight excluding hydrogens is 214 g/mol. The van der Waals surface area contributed by atoms with Gasteiger partial charge in [-0.3, -0.25) is 4.79 Å². The maximum atomic E-state index is 12.1. The molecule has 4 nitrogen and oxygen atoms in total. The molecule has 1 rings (SSSR count). The van der Waals surface area contributed by atoms with Crippen molar-refractivity contribution in [3.05, 3.63) is 29.3 Å². The summed E-state index contributed by atoms with van der Waals surface area (Å²) in [5, 5.41) is 8.54. The van der Waals surface area contributed by atoms with Gasteiger partial charge >= 0.3 is 0 Å². The van der Waals surface area contributed by atoms with E-state index in [-0.39, 0.29) is 5.91 Å². The lowest BCUT2D eigenvalue weighted by atomic mass is 10.1. The van der Waals surface area contributed by atoms with Gasteiger partial charge in [0.05, 0.1) is 12.5 Å². The third-order valence-electron chi connectivity index (χ3n) is 2.51. The van der Waals surface area contributed by atoms with E-state index in [1.807, 2.05) is 32.0 Å². The molecule has 0 fully saturated rings. The van der Waals surface area contributed by atoms with Crippen molar-refractivity contribution < 1.29 is 4.79 Å². The molecule has 0 saturated heterocycles. The fourth-order valence-electron chi connectivity index (χ4n) is 1.71. The number of aryl methyl sites for hydroxylation is 1. The van der Waals surface area contributed by atoms with Crippen LogP contribution >= 0.6 is 0 Å². The first-order valence-corrected chi connectivity index (χ1v) is 5.62. The average Bonchev–Trinajstić information content (AvgIpc) is 2.28. The number of nitrogens with zero attached hydrogens (tertiary/aromatic N) is 2. The highest BCUT2D eigenvalue weighted by atomic mass is 16.2. The highest BCUT2D eigenvalue weighted by Crippen LogP contribution is 2.13. The molecule has 1 amide bonds. The maximum Gasteiger partial charge on any atom is 0.253 e. The number of rotatable bonds is 4. The van der Waals surface area contributed by atoms with Crippen molar-refractivity contribution in [3.63, 3.8) is 0 Å². The van der Waals surface area contributed by atoms with Crippen LogP contribution in [0.1, 0.15) is 29.3 Å². The highest BCUT2D eigenvalue weighted by molar-refractivity contribution is 5.95. The number of carbonyl (C=O) groups is 1. The Morgan fingerprint density at radius 2 is 2.18 bits per heavy atom. The Kier molecular flexibility index (Phi) is 4.53. The SMILES string of the molecule is CCN(CCC#N)C(=O)c1cc(C)cc(N)c1. The Hall–Kier alpha value is -2.02. The molecule has 1 aromatic carbocycles. The van der Waals surface area contributed by atoms with Crippen LogP contribution in [0.5, 0.6) is 0 Å². The number of carbonyl (C=O) groups excluding carboxylic acids is 1. The molecule has 0 radical (unpaired) electrons. The number of hydrogen-bond donors (Lipinski definition) is 1. The summed E-state index contributed by atoms with van der Waals surface area (Å²) in [4.78, 5) is 13.8. The summed E-state index contributed by atoms with van der Waals surface area (Å²) in [5.74, 6) is -0.0712. The lowest BCUT2D eigenvalue weighted by Crippen LogP contribution is -2.31. The van der Waals surface area contributed by atoms with E-state index in [2.05, 4.69) is 0 Å². The molecular formula is C13H17N3O.